The minimum atomic E-state index is -0.338. The van der Waals surface area contributed by atoms with Crippen LogP contribution in [0.3, 0.4) is 0 Å². The average molecular weight is 271 g/mol. The van der Waals surface area contributed by atoms with Crippen molar-refractivity contribution in [3.05, 3.63) is 34.6 Å². The van der Waals surface area contributed by atoms with Crippen LogP contribution in [0.25, 0.3) is 0 Å². The zero-order valence-corrected chi connectivity index (χ0v) is 11.5. The Kier molecular flexibility index (Phi) is 4.98. The summed E-state index contributed by atoms with van der Waals surface area (Å²) in [6.07, 6.45) is 2.47. The summed E-state index contributed by atoms with van der Waals surface area (Å²) in [6, 6.07) is 4.96. The third-order valence-electron chi connectivity index (χ3n) is 3.62. The SMILES string of the molecule is CN1CCC(CNCc2cccc(F)c2Cl)CC1. The van der Waals surface area contributed by atoms with Gasteiger partial charge in [0.05, 0.1) is 5.02 Å². The smallest absolute Gasteiger partial charge is 0.142 e. The van der Waals surface area contributed by atoms with Crippen LogP contribution in [0.2, 0.25) is 5.02 Å². The van der Waals surface area contributed by atoms with Gasteiger partial charge in [-0.05, 0) is 57.1 Å². The minimum Gasteiger partial charge on any atom is -0.312 e. The molecule has 0 bridgehead atoms. The highest BCUT2D eigenvalue weighted by Crippen LogP contribution is 2.20. The van der Waals surface area contributed by atoms with Crippen LogP contribution < -0.4 is 5.32 Å². The van der Waals surface area contributed by atoms with E-state index in [1.165, 1.54) is 32.0 Å². The van der Waals surface area contributed by atoms with E-state index >= 15 is 0 Å². The molecule has 0 amide bonds. The van der Waals surface area contributed by atoms with E-state index in [1.54, 1.807) is 6.07 Å². The van der Waals surface area contributed by atoms with Crippen molar-refractivity contribution < 1.29 is 4.39 Å². The van der Waals surface area contributed by atoms with Crippen LogP contribution in [-0.2, 0) is 6.54 Å². The number of nitrogens with zero attached hydrogens (tertiary/aromatic N) is 1. The standard InChI is InChI=1S/C14H20ClFN2/c1-18-7-5-11(6-8-18)9-17-10-12-3-2-4-13(16)14(12)15/h2-4,11,17H,5-10H2,1H3. The Bertz CT molecular complexity index is 389. The van der Waals surface area contributed by atoms with Gasteiger partial charge in [0.1, 0.15) is 5.82 Å². The Hall–Kier alpha value is -0.640. The maximum Gasteiger partial charge on any atom is 0.142 e. The molecule has 1 N–H and O–H groups in total. The van der Waals surface area contributed by atoms with E-state index in [-0.39, 0.29) is 10.8 Å². The van der Waals surface area contributed by atoms with Crippen molar-refractivity contribution in [1.29, 1.82) is 0 Å². The molecule has 0 radical (unpaired) electrons. The summed E-state index contributed by atoms with van der Waals surface area (Å²) in [5, 5.41) is 3.63. The average Bonchev–Trinajstić information content (AvgIpc) is 2.37. The lowest BCUT2D eigenvalue weighted by Crippen LogP contribution is -2.34. The molecule has 0 aliphatic carbocycles. The van der Waals surface area contributed by atoms with Crippen LogP contribution in [0.1, 0.15) is 18.4 Å². The molecule has 0 saturated carbocycles. The van der Waals surface area contributed by atoms with Gasteiger partial charge in [0, 0.05) is 6.54 Å². The van der Waals surface area contributed by atoms with Crippen molar-refractivity contribution in [3.63, 3.8) is 0 Å². The maximum atomic E-state index is 13.2. The molecule has 1 aromatic carbocycles. The number of hydrogen-bond donors (Lipinski definition) is 1. The van der Waals surface area contributed by atoms with Crippen LogP contribution >= 0.6 is 11.6 Å². The van der Waals surface area contributed by atoms with Gasteiger partial charge < -0.3 is 10.2 Å². The third-order valence-corrected chi connectivity index (χ3v) is 4.04. The molecule has 0 unspecified atom stereocenters. The molecular formula is C14H20ClFN2. The van der Waals surface area contributed by atoms with Crippen molar-refractivity contribution in [1.82, 2.24) is 10.2 Å². The number of piperidine rings is 1. The van der Waals surface area contributed by atoms with Crippen molar-refractivity contribution in [2.24, 2.45) is 5.92 Å². The van der Waals surface area contributed by atoms with Crippen molar-refractivity contribution in [2.45, 2.75) is 19.4 Å². The van der Waals surface area contributed by atoms with Crippen LogP contribution in [0, 0.1) is 11.7 Å². The van der Waals surface area contributed by atoms with Gasteiger partial charge in [-0.1, -0.05) is 23.7 Å². The molecule has 0 aromatic heterocycles. The summed E-state index contributed by atoms with van der Waals surface area (Å²) in [5.74, 6) is 0.392. The second-order valence-corrected chi connectivity index (χ2v) is 5.47. The maximum absolute atomic E-state index is 13.2. The monoisotopic (exact) mass is 270 g/mol. The van der Waals surface area contributed by atoms with Gasteiger partial charge in [-0.3, -0.25) is 0 Å². The van der Waals surface area contributed by atoms with E-state index in [1.807, 2.05) is 6.07 Å². The molecule has 1 saturated heterocycles. The molecule has 0 atom stereocenters. The lowest BCUT2D eigenvalue weighted by Gasteiger charge is -2.29. The van der Waals surface area contributed by atoms with E-state index < -0.39 is 0 Å². The molecule has 2 rings (SSSR count). The first-order valence-electron chi connectivity index (χ1n) is 6.49. The van der Waals surface area contributed by atoms with E-state index in [0.717, 1.165) is 18.0 Å². The Morgan fingerprint density at radius 3 is 2.83 bits per heavy atom. The first-order chi connectivity index (χ1) is 8.66. The fourth-order valence-corrected chi connectivity index (χ4v) is 2.55. The van der Waals surface area contributed by atoms with E-state index in [0.29, 0.717) is 6.54 Å². The molecular weight excluding hydrogens is 251 g/mol. The summed E-state index contributed by atoms with van der Waals surface area (Å²) in [5.41, 5.74) is 0.838. The number of likely N-dealkylation sites (tertiary alicyclic amines) is 1. The lowest BCUT2D eigenvalue weighted by molar-refractivity contribution is 0.216. The highest BCUT2D eigenvalue weighted by Gasteiger charge is 2.16. The first kappa shape index (κ1) is 13.8. The second kappa shape index (κ2) is 6.50. The van der Waals surface area contributed by atoms with E-state index in [9.17, 15) is 4.39 Å². The fourth-order valence-electron chi connectivity index (χ4n) is 2.36. The zero-order valence-electron chi connectivity index (χ0n) is 10.8. The molecule has 100 valence electrons. The first-order valence-corrected chi connectivity index (χ1v) is 6.87. The molecule has 1 fully saturated rings. The highest BCUT2D eigenvalue weighted by molar-refractivity contribution is 6.31. The molecule has 2 nitrogen and oxygen atoms in total. The normalized spacial score (nSPS) is 18.2. The molecule has 1 aromatic rings. The summed E-state index contributed by atoms with van der Waals surface area (Å²) >= 11 is 5.91. The second-order valence-electron chi connectivity index (χ2n) is 5.09. The quantitative estimate of drug-likeness (QED) is 0.905. The molecule has 1 aliphatic rings. The Labute approximate surface area is 113 Å². The largest absolute Gasteiger partial charge is 0.312 e. The predicted molar refractivity (Wildman–Crippen MR) is 73.3 cm³/mol. The van der Waals surface area contributed by atoms with Crippen LogP contribution in [0.5, 0.6) is 0 Å². The van der Waals surface area contributed by atoms with Gasteiger partial charge in [-0.15, -0.1) is 0 Å². The predicted octanol–water partition coefficient (Wildman–Crippen LogP) is 2.91. The van der Waals surface area contributed by atoms with Gasteiger partial charge in [0.25, 0.3) is 0 Å². The van der Waals surface area contributed by atoms with Gasteiger partial charge in [0.15, 0.2) is 0 Å². The Morgan fingerprint density at radius 1 is 1.39 bits per heavy atom. The summed E-state index contributed by atoms with van der Waals surface area (Å²) in [4.78, 5) is 2.36. The van der Waals surface area contributed by atoms with E-state index in [4.69, 9.17) is 11.6 Å². The lowest BCUT2D eigenvalue weighted by atomic mass is 9.97. The van der Waals surface area contributed by atoms with E-state index in [2.05, 4.69) is 17.3 Å². The van der Waals surface area contributed by atoms with Crippen molar-refractivity contribution in [2.75, 3.05) is 26.7 Å². The summed E-state index contributed by atoms with van der Waals surface area (Å²) in [6.45, 7) is 3.98. The van der Waals surface area contributed by atoms with Crippen molar-refractivity contribution in [3.8, 4) is 0 Å². The summed E-state index contributed by atoms with van der Waals surface area (Å²) < 4.78 is 13.2. The summed E-state index contributed by atoms with van der Waals surface area (Å²) in [7, 11) is 2.16. The molecule has 0 spiro atoms. The Morgan fingerprint density at radius 2 is 2.11 bits per heavy atom. The zero-order chi connectivity index (χ0) is 13.0. The number of nitrogens with one attached hydrogen (secondary N) is 1. The van der Waals surface area contributed by atoms with Gasteiger partial charge >= 0.3 is 0 Å². The number of rotatable bonds is 4. The molecule has 1 aliphatic heterocycles. The van der Waals surface area contributed by atoms with Gasteiger partial charge in [0.2, 0.25) is 0 Å². The van der Waals surface area contributed by atoms with Crippen LogP contribution in [-0.4, -0.2) is 31.6 Å². The van der Waals surface area contributed by atoms with Gasteiger partial charge in [-0.2, -0.15) is 0 Å². The molecule has 4 heteroatoms. The number of hydrogen-bond acceptors (Lipinski definition) is 2. The molecule has 18 heavy (non-hydrogen) atoms. The number of benzene rings is 1. The van der Waals surface area contributed by atoms with Crippen LogP contribution in [0.4, 0.5) is 4.39 Å². The Balaban J connectivity index is 1.77. The van der Waals surface area contributed by atoms with Crippen LogP contribution in [0.15, 0.2) is 18.2 Å². The highest BCUT2D eigenvalue weighted by atomic mass is 35.5. The fraction of sp³-hybridized carbons (Fsp3) is 0.571. The van der Waals surface area contributed by atoms with Crippen molar-refractivity contribution >= 4 is 11.6 Å². The molecule has 1 heterocycles. The topological polar surface area (TPSA) is 15.3 Å². The number of halogens is 2. The minimum absolute atomic E-state index is 0.244. The van der Waals surface area contributed by atoms with Gasteiger partial charge in [-0.25, -0.2) is 4.39 Å². The third kappa shape index (κ3) is 3.67.